The number of piperidine rings is 1. The summed E-state index contributed by atoms with van der Waals surface area (Å²) in [4.78, 5) is 25.7. The molecule has 1 aliphatic rings. The third-order valence-corrected chi connectivity index (χ3v) is 5.23. The number of alkyl halides is 3. The van der Waals surface area contributed by atoms with E-state index in [9.17, 15) is 18.0 Å². The van der Waals surface area contributed by atoms with Gasteiger partial charge in [-0.2, -0.15) is 13.2 Å². The quantitative estimate of drug-likeness (QED) is 0.482. The van der Waals surface area contributed by atoms with E-state index in [0.717, 1.165) is 23.4 Å². The number of rotatable bonds is 4. The second kappa shape index (κ2) is 10.1. The van der Waals surface area contributed by atoms with E-state index in [-0.39, 0.29) is 22.9 Å². The van der Waals surface area contributed by atoms with Crippen molar-refractivity contribution in [1.29, 1.82) is 0 Å². The number of aromatic nitrogens is 3. The third-order valence-electron chi connectivity index (χ3n) is 5.05. The van der Waals surface area contributed by atoms with Crippen molar-refractivity contribution in [2.45, 2.75) is 19.0 Å². The van der Waals surface area contributed by atoms with Crippen molar-refractivity contribution < 1.29 is 22.7 Å². The number of carbonyl (C=O) groups is 1. The van der Waals surface area contributed by atoms with Crippen molar-refractivity contribution in [3.05, 3.63) is 76.8 Å². The fourth-order valence-corrected chi connectivity index (χ4v) is 3.51. The Morgan fingerprint density at radius 2 is 1.91 bits per heavy atom. The molecule has 11 heteroatoms. The Balaban J connectivity index is 1.34. The first-order valence-corrected chi connectivity index (χ1v) is 10.7. The number of nitrogens with one attached hydrogen (secondary N) is 1. The van der Waals surface area contributed by atoms with Crippen molar-refractivity contribution in [3.8, 4) is 11.6 Å². The summed E-state index contributed by atoms with van der Waals surface area (Å²) in [5, 5.41) is 2.88. The molecule has 7 nitrogen and oxygen atoms in total. The van der Waals surface area contributed by atoms with Crippen molar-refractivity contribution in [2.75, 3.05) is 18.4 Å². The number of nitrogens with zero attached hydrogens (tertiary/aromatic N) is 4. The molecule has 0 spiro atoms. The van der Waals surface area contributed by atoms with Crippen molar-refractivity contribution in [3.63, 3.8) is 0 Å². The van der Waals surface area contributed by atoms with Gasteiger partial charge in [-0.1, -0.05) is 35.4 Å². The number of hydrogen-bond acceptors (Lipinski definition) is 5. The topological polar surface area (TPSA) is 80.2 Å². The van der Waals surface area contributed by atoms with Crippen LogP contribution in [0.25, 0.3) is 6.08 Å². The predicted molar refractivity (Wildman–Crippen MR) is 121 cm³/mol. The highest BCUT2D eigenvalue weighted by molar-refractivity contribution is 6.29. The maximum Gasteiger partial charge on any atom is 0.417 e. The number of pyridine rings is 1. The summed E-state index contributed by atoms with van der Waals surface area (Å²) in [5.74, 6) is 0.820. The Morgan fingerprint density at radius 1 is 1.12 bits per heavy atom. The molecular formula is C23H19ClF3N5O2. The minimum absolute atomic E-state index is 0.0708. The van der Waals surface area contributed by atoms with Crippen molar-refractivity contribution in [2.24, 2.45) is 0 Å². The molecule has 176 valence electrons. The standard InChI is InChI=1S/C23H19ClF3N5O2/c24-19-13-28-14-20(30-19)31-22(33)32-8-6-15(7-9-32)10-16-2-1-3-18(11-16)34-21-5-4-17(12-29-21)23(25,26)27/h1-5,10-14H,6-9H2,(H,30,31,33). The number of urea groups is 1. The van der Waals surface area contributed by atoms with Crippen LogP contribution in [0.15, 0.2) is 60.6 Å². The van der Waals surface area contributed by atoms with E-state index in [2.05, 4.69) is 20.3 Å². The number of ether oxygens (including phenoxy) is 1. The summed E-state index contributed by atoms with van der Waals surface area (Å²) in [6.07, 6.45) is 2.51. The molecule has 0 unspecified atom stereocenters. The Hall–Kier alpha value is -3.66. The number of halogens is 4. The maximum atomic E-state index is 12.7. The van der Waals surface area contributed by atoms with Gasteiger partial charge in [0, 0.05) is 25.4 Å². The lowest BCUT2D eigenvalue weighted by Crippen LogP contribution is -2.39. The first-order valence-electron chi connectivity index (χ1n) is 10.3. The van der Waals surface area contributed by atoms with Crippen LogP contribution in [0.4, 0.5) is 23.8 Å². The van der Waals surface area contributed by atoms with E-state index in [1.807, 2.05) is 12.1 Å². The Labute approximate surface area is 198 Å². The van der Waals surface area contributed by atoms with Gasteiger partial charge in [0.05, 0.1) is 18.0 Å². The van der Waals surface area contributed by atoms with E-state index in [1.165, 1.54) is 18.5 Å². The predicted octanol–water partition coefficient (Wildman–Crippen LogP) is 6.05. The summed E-state index contributed by atoms with van der Waals surface area (Å²) in [5.41, 5.74) is 1.21. The number of likely N-dealkylation sites (tertiary alicyclic amines) is 1. The van der Waals surface area contributed by atoms with E-state index in [0.29, 0.717) is 31.7 Å². The lowest BCUT2D eigenvalue weighted by atomic mass is 10.0. The van der Waals surface area contributed by atoms with Gasteiger partial charge in [-0.25, -0.2) is 14.8 Å². The van der Waals surface area contributed by atoms with Crippen LogP contribution in [0.2, 0.25) is 5.15 Å². The molecule has 34 heavy (non-hydrogen) atoms. The average Bonchev–Trinajstić information content (AvgIpc) is 2.79. The zero-order chi connectivity index (χ0) is 24.1. The normalized spacial score (nSPS) is 14.0. The largest absolute Gasteiger partial charge is 0.439 e. The SMILES string of the molecule is O=C(Nc1cncc(Cl)n1)N1CCC(=Cc2cccc(Oc3ccc(C(F)(F)F)cn3)c2)CC1. The number of carbonyl (C=O) groups excluding carboxylic acids is 1. The lowest BCUT2D eigenvalue weighted by molar-refractivity contribution is -0.137. The second-order valence-corrected chi connectivity index (χ2v) is 7.89. The summed E-state index contributed by atoms with van der Waals surface area (Å²) in [7, 11) is 0. The van der Waals surface area contributed by atoms with Crippen LogP contribution >= 0.6 is 11.6 Å². The van der Waals surface area contributed by atoms with E-state index < -0.39 is 11.7 Å². The molecule has 0 aliphatic carbocycles. The molecule has 3 aromatic rings. The fourth-order valence-electron chi connectivity index (χ4n) is 3.37. The summed E-state index contributed by atoms with van der Waals surface area (Å²) in [6, 6.07) is 9.02. The summed E-state index contributed by atoms with van der Waals surface area (Å²) >= 11 is 5.79. The van der Waals surface area contributed by atoms with Gasteiger partial charge in [0.15, 0.2) is 5.82 Å². The first kappa shape index (κ1) is 23.5. The van der Waals surface area contributed by atoms with Gasteiger partial charge >= 0.3 is 12.2 Å². The van der Waals surface area contributed by atoms with Gasteiger partial charge < -0.3 is 9.64 Å². The number of benzene rings is 1. The molecule has 1 aromatic carbocycles. The van der Waals surface area contributed by atoms with Crippen LogP contribution in [0.1, 0.15) is 24.0 Å². The molecule has 4 rings (SSSR count). The minimum Gasteiger partial charge on any atom is -0.439 e. The fraction of sp³-hybridized carbons (Fsp3) is 0.217. The molecule has 2 aromatic heterocycles. The maximum absolute atomic E-state index is 12.7. The molecule has 1 aliphatic heterocycles. The molecule has 3 heterocycles. The highest BCUT2D eigenvalue weighted by Crippen LogP contribution is 2.30. The highest BCUT2D eigenvalue weighted by atomic mass is 35.5. The molecule has 0 bridgehead atoms. The Bertz CT molecular complexity index is 1190. The Kier molecular flexibility index (Phi) is 6.97. The van der Waals surface area contributed by atoms with Gasteiger partial charge in [0.1, 0.15) is 10.9 Å². The van der Waals surface area contributed by atoms with Crippen LogP contribution in [-0.2, 0) is 6.18 Å². The van der Waals surface area contributed by atoms with Crippen LogP contribution in [0.3, 0.4) is 0 Å². The molecule has 1 fully saturated rings. The zero-order valence-corrected chi connectivity index (χ0v) is 18.5. The monoisotopic (exact) mass is 489 g/mol. The zero-order valence-electron chi connectivity index (χ0n) is 17.7. The average molecular weight is 490 g/mol. The van der Waals surface area contributed by atoms with Crippen LogP contribution in [0.5, 0.6) is 11.6 Å². The molecular weight excluding hydrogens is 471 g/mol. The van der Waals surface area contributed by atoms with E-state index >= 15 is 0 Å². The molecule has 1 N–H and O–H groups in total. The van der Waals surface area contributed by atoms with E-state index in [4.69, 9.17) is 16.3 Å². The molecule has 2 amide bonds. The highest BCUT2D eigenvalue weighted by Gasteiger charge is 2.30. The smallest absolute Gasteiger partial charge is 0.417 e. The Morgan fingerprint density at radius 3 is 2.59 bits per heavy atom. The summed E-state index contributed by atoms with van der Waals surface area (Å²) in [6.45, 7) is 1.08. The number of hydrogen-bond donors (Lipinski definition) is 1. The minimum atomic E-state index is -4.45. The van der Waals surface area contributed by atoms with Gasteiger partial charge in [-0.3, -0.25) is 10.3 Å². The number of anilines is 1. The van der Waals surface area contributed by atoms with E-state index in [1.54, 1.807) is 23.1 Å². The third kappa shape index (κ3) is 6.22. The summed E-state index contributed by atoms with van der Waals surface area (Å²) < 4.78 is 43.6. The first-order chi connectivity index (χ1) is 16.3. The number of amides is 2. The van der Waals surface area contributed by atoms with Gasteiger partial charge in [-0.15, -0.1) is 0 Å². The van der Waals surface area contributed by atoms with Crippen LogP contribution in [0, 0.1) is 0 Å². The van der Waals surface area contributed by atoms with Gasteiger partial charge in [0.25, 0.3) is 0 Å². The van der Waals surface area contributed by atoms with Crippen molar-refractivity contribution >= 4 is 29.5 Å². The van der Waals surface area contributed by atoms with Crippen LogP contribution in [-0.4, -0.2) is 39.0 Å². The van der Waals surface area contributed by atoms with Gasteiger partial charge in [-0.05, 0) is 36.6 Å². The van der Waals surface area contributed by atoms with Gasteiger partial charge in [0.2, 0.25) is 5.88 Å². The molecule has 0 saturated carbocycles. The second-order valence-electron chi connectivity index (χ2n) is 7.50. The molecule has 0 atom stereocenters. The van der Waals surface area contributed by atoms with Crippen LogP contribution < -0.4 is 10.1 Å². The molecule has 0 radical (unpaired) electrons. The molecule has 1 saturated heterocycles. The lowest BCUT2D eigenvalue weighted by Gasteiger charge is -2.28. The van der Waals surface area contributed by atoms with Crippen molar-refractivity contribution in [1.82, 2.24) is 19.9 Å².